The normalized spacial score (nSPS) is 9.82. The molecule has 138 valence electrons. The van der Waals surface area contributed by atoms with Crippen molar-refractivity contribution in [3.63, 3.8) is 0 Å². The summed E-state index contributed by atoms with van der Waals surface area (Å²) >= 11 is 0. The van der Waals surface area contributed by atoms with Crippen LogP contribution < -0.4 is 15.4 Å². The molecule has 6 heteroatoms. The van der Waals surface area contributed by atoms with Gasteiger partial charge in [-0.1, -0.05) is 24.3 Å². The van der Waals surface area contributed by atoms with E-state index in [0.717, 1.165) is 5.75 Å². The molecule has 3 aromatic rings. The molecule has 0 aliphatic carbocycles. The van der Waals surface area contributed by atoms with Crippen LogP contribution in [-0.2, 0) is 4.79 Å². The fraction of sp³-hybridized carbons (Fsp3) is 0.0455. The second kappa shape index (κ2) is 9.01. The molecule has 0 saturated carbocycles. The van der Waals surface area contributed by atoms with Crippen LogP contribution in [0.2, 0.25) is 0 Å². The number of nitrogens with zero attached hydrogens (tertiary/aromatic N) is 1. The highest BCUT2D eigenvalue weighted by molar-refractivity contribution is 6.05. The Kier molecular flexibility index (Phi) is 6.01. The Morgan fingerprint density at radius 1 is 0.821 bits per heavy atom. The Morgan fingerprint density at radius 3 is 2.25 bits per heavy atom. The second-order valence-electron chi connectivity index (χ2n) is 5.86. The lowest BCUT2D eigenvalue weighted by Crippen LogP contribution is -2.14. The van der Waals surface area contributed by atoms with Crippen molar-refractivity contribution in [1.82, 2.24) is 0 Å². The zero-order valence-corrected chi connectivity index (χ0v) is 14.9. The monoisotopic (exact) mass is 371 g/mol. The van der Waals surface area contributed by atoms with Crippen LogP contribution in [-0.4, -0.2) is 11.8 Å². The number of hydrogen-bond donors (Lipinski definition) is 2. The number of amides is 2. The van der Waals surface area contributed by atoms with Crippen molar-refractivity contribution in [1.29, 1.82) is 5.26 Å². The third-order valence-corrected chi connectivity index (χ3v) is 3.74. The third kappa shape index (κ3) is 5.19. The first-order chi connectivity index (χ1) is 13.6. The van der Waals surface area contributed by atoms with Crippen molar-refractivity contribution >= 4 is 23.2 Å². The zero-order chi connectivity index (χ0) is 19.8. The maximum atomic E-state index is 12.4. The van der Waals surface area contributed by atoms with E-state index in [1.807, 2.05) is 30.3 Å². The van der Waals surface area contributed by atoms with Gasteiger partial charge in [0, 0.05) is 16.9 Å². The lowest BCUT2D eigenvalue weighted by Gasteiger charge is -2.09. The van der Waals surface area contributed by atoms with E-state index in [1.165, 1.54) is 0 Å². The molecule has 0 fully saturated rings. The summed E-state index contributed by atoms with van der Waals surface area (Å²) in [5.41, 5.74) is 1.46. The van der Waals surface area contributed by atoms with Gasteiger partial charge in [-0.25, -0.2) is 0 Å². The summed E-state index contributed by atoms with van der Waals surface area (Å²) in [5, 5.41) is 13.9. The Labute approximate surface area is 162 Å². The molecule has 0 spiro atoms. The molecule has 2 N–H and O–H groups in total. The Balaban J connectivity index is 1.63. The minimum absolute atomic E-state index is 0.242. The summed E-state index contributed by atoms with van der Waals surface area (Å²) in [6.07, 6.45) is -0.242. The number of nitriles is 1. The molecule has 3 aromatic carbocycles. The van der Waals surface area contributed by atoms with E-state index in [1.54, 1.807) is 54.6 Å². The van der Waals surface area contributed by atoms with Crippen molar-refractivity contribution in [2.75, 3.05) is 10.6 Å². The van der Waals surface area contributed by atoms with Crippen LogP contribution in [0.15, 0.2) is 78.9 Å². The van der Waals surface area contributed by atoms with E-state index in [9.17, 15) is 9.59 Å². The van der Waals surface area contributed by atoms with Crippen molar-refractivity contribution in [3.8, 4) is 17.6 Å². The lowest BCUT2D eigenvalue weighted by atomic mass is 10.1. The minimum atomic E-state index is -0.422. The SMILES string of the molecule is N#CCC(=O)Nc1cccc(C(=O)Nc2ccc(Oc3ccccc3)cc2)c1. The number of carbonyl (C=O) groups excluding carboxylic acids is 2. The third-order valence-electron chi connectivity index (χ3n) is 3.74. The van der Waals surface area contributed by atoms with Gasteiger partial charge in [0.25, 0.3) is 5.91 Å². The van der Waals surface area contributed by atoms with Gasteiger partial charge in [0.05, 0.1) is 6.07 Å². The quantitative estimate of drug-likeness (QED) is 0.663. The average molecular weight is 371 g/mol. The molecule has 0 radical (unpaired) electrons. The molecule has 0 aromatic heterocycles. The number of anilines is 2. The van der Waals surface area contributed by atoms with Gasteiger partial charge in [-0.05, 0) is 54.6 Å². The number of ether oxygens (including phenoxy) is 1. The van der Waals surface area contributed by atoms with Crippen LogP contribution in [0.3, 0.4) is 0 Å². The van der Waals surface area contributed by atoms with Crippen LogP contribution in [0.25, 0.3) is 0 Å². The summed E-state index contributed by atoms with van der Waals surface area (Å²) < 4.78 is 5.72. The van der Waals surface area contributed by atoms with Gasteiger partial charge in [0.2, 0.25) is 5.91 Å². The summed E-state index contributed by atoms with van der Waals surface area (Å²) in [5.74, 6) is 0.656. The van der Waals surface area contributed by atoms with E-state index in [0.29, 0.717) is 22.7 Å². The largest absolute Gasteiger partial charge is 0.457 e. The molecule has 6 nitrogen and oxygen atoms in total. The van der Waals surface area contributed by atoms with E-state index in [-0.39, 0.29) is 12.3 Å². The van der Waals surface area contributed by atoms with Crippen LogP contribution in [0.5, 0.6) is 11.5 Å². The van der Waals surface area contributed by atoms with Gasteiger partial charge >= 0.3 is 0 Å². The van der Waals surface area contributed by atoms with Gasteiger partial charge in [-0.2, -0.15) is 5.26 Å². The fourth-order valence-electron chi connectivity index (χ4n) is 2.45. The van der Waals surface area contributed by atoms with Crippen LogP contribution in [0.1, 0.15) is 16.8 Å². The smallest absolute Gasteiger partial charge is 0.255 e. The molecule has 0 atom stereocenters. The highest BCUT2D eigenvalue weighted by atomic mass is 16.5. The Hall–Kier alpha value is -4.11. The zero-order valence-electron chi connectivity index (χ0n) is 14.9. The molecule has 0 unspecified atom stereocenters. The van der Waals surface area contributed by atoms with Gasteiger partial charge < -0.3 is 15.4 Å². The Bertz CT molecular complexity index is 1010. The molecular weight excluding hydrogens is 354 g/mol. The average Bonchev–Trinajstić information content (AvgIpc) is 2.70. The molecule has 0 aliphatic heterocycles. The van der Waals surface area contributed by atoms with E-state index in [4.69, 9.17) is 10.00 Å². The highest BCUT2D eigenvalue weighted by Crippen LogP contribution is 2.23. The number of nitrogens with one attached hydrogen (secondary N) is 2. The maximum absolute atomic E-state index is 12.4. The van der Waals surface area contributed by atoms with Crippen molar-refractivity contribution < 1.29 is 14.3 Å². The predicted octanol–water partition coefficient (Wildman–Crippen LogP) is 4.58. The number of carbonyl (C=O) groups is 2. The topological polar surface area (TPSA) is 91.2 Å². The lowest BCUT2D eigenvalue weighted by molar-refractivity contribution is -0.115. The van der Waals surface area contributed by atoms with Crippen LogP contribution >= 0.6 is 0 Å². The predicted molar refractivity (Wildman–Crippen MR) is 106 cm³/mol. The van der Waals surface area contributed by atoms with E-state index in [2.05, 4.69) is 10.6 Å². The number of hydrogen-bond acceptors (Lipinski definition) is 4. The number of rotatable bonds is 6. The molecule has 0 aliphatic rings. The minimum Gasteiger partial charge on any atom is -0.457 e. The van der Waals surface area contributed by atoms with Crippen LogP contribution in [0, 0.1) is 11.3 Å². The summed E-state index contributed by atoms with van der Waals surface area (Å²) in [4.78, 5) is 23.9. The maximum Gasteiger partial charge on any atom is 0.255 e. The number of para-hydroxylation sites is 1. The molecule has 0 heterocycles. The molecule has 3 rings (SSSR count). The van der Waals surface area contributed by atoms with Gasteiger partial charge in [0.15, 0.2) is 0 Å². The van der Waals surface area contributed by atoms with Gasteiger partial charge in [-0.15, -0.1) is 0 Å². The van der Waals surface area contributed by atoms with Gasteiger partial charge in [0.1, 0.15) is 17.9 Å². The first-order valence-electron chi connectivity index (χ1n) is 8.55. The second-order valence-corrected chi connectivity index (χ2v) is 5.86. The first kappa shape index (κ1) is 18.7. The summed E-state index contributed by atoms with van der Waals surface area (Å²) in [7, 11) is 0. The summed E-state index contributed by atoms with van der Waals surface area (Å²) in [6, 6.07) is 24.7. The van der Waals surface area contributed by atoms with Crippen LogP contribution in [0.4, 0.5) is 11.4 Å². The van der Waals surface area contributed by atoms with Crippen molar-refractivity contribution in [2.24, 2.45) is 0 Å². The molecule has 0 bridgehead atoms. The summed E-state index contributed by atoms with van der Waals surface area (Å²) in [6.45, 7) is 0. The Morgan fingerprint density at radius 2 is 1.54 bits per heavy atom. The molecule has 0 saturated heterocycles. The van der Waals surface area contributed by atoms with E-state index < -0.39 is 5.91 Å². The van der Waals surface area contributed by atoms with E-state index >= 15 is 0 Å². The molecule has 28 heavy (non-hydrogen) atoms. The first-order valence-corrected chi connectivity index (χ1v) is 8.55. The molecular formula is C22H17N3O3. The number of benzene rings is 3. The van der Waals surface area contributed by atoms with Gasteiger partial charge in [-0.3, -0.25) is 9.59 Å². The van der Waals surface area contributed by atoms with Crippen molar-refractivity contribution in [3.05, 3.63) is 84.4 Å². The highest BCUT2D eigenvalue weighted by Gasteiger charge is 2.09. The fourth-order valence-corrected chi connectivity index (χ4v) is 2.45. The standard InChI is InChI=1S/C22H17N3O3/c23-14-13-21(26)24-18-6-4-5-16(15-18)22(27)25-17-9-11-20(12-10-17)28-19-7-2-1-3-8-19/h1-12,15H,13H2,(H,24,26)(H,25,27). The van der Waals surface area contributed by atoms with Crippen molar-refractivity contribution in [2.45, 2.75) is 6.42 Å². The molecule has 2 amide bonds.